The van der Waals surface area contributed by atoms with Gasteiger partial charge in [-0.2, -0.15) is 18.3 Å². The highest BCUT2D eigenvalue weighted by Gasteiger charge is 2.39. The summed E-state index contributed by atoms with van der Waals surface area (Å²) in [6, 6.07) is 9.94. The fourth-order valence-electron chi connectivity index (χ4n) is 1.54. The van der Waals surface area contributed by atoms with Crippen molar-refractivity contribution in [2.24, 2.45) is 0 Å². The molecule has 2 rings (SSSR count). The molecule has 0 radical (unpaired) electrons. The Morgan fingerprint density at radius 1 is 1.26 bits per heavy atom. The van der Waals surface area contributed by atoms with Crippen LogP contribution in [0.15, 0.2) is 36.4 Å². The van der Waals surface area contributed by atoms with E-state index < -0.39 is 12.1 Å². The first-order valence-corrected chi connectivity index (χ1v) is 5.38. The van der Waals surface area contributed by atoms with Crippen LogP contribution in [0.2, 0.25) is 0 Å². The second-order valence-electron chi connectivity index (χ2n) is 3.87. The first kappa shape index (κ1) is 13.1. The van der Waals surface area contributed by atoms with Crippen molar-refractivity contribution in [3.63, 3.8) is 0 Å². The number of anilines is 1. The van der Waals surface area contributed by atoms with Gasteiger partial charge in [-0.15, -0.1) is 0 Å². The van der Waals surface area contributed by atoms with Crippen molar-refractivity contribution in [3.05, 3.63) is 42.1 Å². The number of rotatable bonds is 2. The minimum atomic E-state index is -4.93. The van der Waals surface area contributed by atoms with Gasteiger partial charge in [0.25, 0.3) is 0 Å². The topological polar surface area (TPSA) is 46.9 Å². The van der Waals surface area contributed by atoms with Crippen molar-refractivity contribution < 1.29 is 18.0 Å². The fraction of sp³-hybridized carbons (Fsp3) is 0.167. The molecule has 2 aromatic rings. The third-order valence-corrected chi connectivity index (χ3v) is 2.33. The Kier molecular flexibility index (Phi) is 3.28. The van der Waals surface area contributed by atoms with Crippen LogP contribution in [0.3, 0.4) is 0 Å². The van der Waals surface area contributed by atoms with Gasteiger partial charge in [0.15, 0.2) is 0 Å². The molecule has 0 aliphatic rings. The van der Waals surface area contributed by atoms with E-state index in [4.69, 9.17) is 0 Å². The van der Waals surface area contributed by atoms with Crippen molar-refractivity contribution >= 4 is 11.7 Å². The van der Waals surface area contributed by atoms with Gasteiger partial charge in [0, 0.05) is 6.07 Å². The van der Waals surface area contributed by atoms with Gasteiger partial charge in [-0.25, -0.2) is 4.68 Å². The van der Waals surface area contributed by atoms with Crippen LogP contribution in [0.4, 0.5) is 19.0 Å². The average molecular weight is 269 g/mol. The Labute approximate surface area is 106 Å². The zero-order valence-electron chi connectivity index (χ0n) is 9.90. The molecular formula is C12H10F3N3O. The van der Waals surface area contributed by atoms with Gasteiger partial charge in [-0.05, 0) is 19.1 Å². The molecule has 4 nitrogen and oxygen atoms in total. The molecule has 0 fully saturated rings. The highest BCUT2D eigenvalue weighted by atomic mass is 19.4. The van der Waals surface area contributed by atoms with Gasteiger partial charge in [-0.1, -0.05) is 18.2 Å². The molecule has 19 heavy (non-hydrogen) atoms. The average Bonchev–Trinajstić information content (AvgIpc) is 2.70. The lowest BCUT2D eigenvalue weighted by Crippen LogP contribution is -2.30. The summed E-state index contributed by atoms with van der Waals surface area (Å²) in [4.78, 5) is 10.9. The molecule has 0 aliphatic heterocycles. The summed E-state index contributed by atoms with van der Waals surface area (Å²) in [5.41, 5.74) is 1.06. The number of aromatic nitrogens is 2. The summed E-state index contributed by atoms with van der Waals surface area (Å²) < 4.78 is 38.0. The fourth-order valence-corrected chi connectivity index (χ4v) is 1.54. The second kappa shape index (κ2) is 4.75. The first-order chi connectivity index (χ1) is 8.88. The highest BCUT2D eigenvalue weighted by Crippen LogP contribution is 2.21. The van der Waals surface area contributed by atoms with E-state index in [9.17, 15) is 18.0 Å². The predicted octanol–water partition coefficient (Wildman–Crippen LogP) is 2.68. The van der Waals surface area contributed by atoms with Crippen LogP contribution in [0, 0.1) is 6.92 Å². The quantitative estimate of drug-likeness (QED) is 0.911. The monoisotopic (exact) mass is 269 g/mol. The normalized spacial score (nSPS) is 11.4. The summed E-state index contributed by atoms with van der Waals surface area (Å²) in [5.74, 6) is -2.05. The smallest absolute Gasteiger partial charge is 0.303 e. The number of amides is 1. The van der Waals surface area contributed by atoms with Crippen LogP contribution in [0.1, 0.15) is 5.69 Å². The Balaban J connectivity index is 2.35. The lowest BCUT2D eigenvalue weighted by Gasteiger charge is -2.10. The Hall–Kier alpha value is -2.31. The number of alkyl halides is 3. The van der Waals surface area contributed by atoms with Gasteiger partial charge in [0.2, 0.25) is 0 Å². The maximum Gasteiger partial charge on any atom is 0.471 e. The van der Waals surface area contributed by atoms with Crippen LogP contribution in [-0.2, 0) is 4.79 Å². The number of hydrogen-bond acceptors (Lipinski definition) is 2. The number of hydrogen-bond donors (Lipinski definition) is 1. The number of benzene rings is 1. The molecule has 0 saturated heterocycles. The third-order valence-electron chi connectivity index (χ3n) is 2.33. The van der Waals surface area contributed by atoms with Gasteiger partial charge < -0.3 is 5.32 Å². The molecule has 1 N–H and O–H groups in total. The number of aryl methyl sites for hydroxylation is 1. The Bertz CT molecular complexity index is 590. The van der Waals surface area contributed by atoms with Crippen molar-refractivity contribution in [3.8, 4) is 5.69 Å². The summed E-state index contributed by atoms with van der Waals surface area (Å²) in [7, 11) is 0. The number of carbonyl (C=O) groups is 1. The van der Waals surface area contributed by atoms with Crippen LogP contribution in [0.25, 0.3) is 5.69 Å². The van der Waals surface area contributed by atoms with Crippen molar-refractivity contribution in [1.29, 1.82) is 0 Å². The summed E-state index contributed by atoms with van der Waals surface area (Å²) in [6.45, 7) is 1.63. The summed E-state index contributed by atoms with van der Waals surface area (Å²) in [5, 5.41) is 5.86. The number of carbonyl (C=O) groups excluding carboxylic acids is 1. The molecule has 1 aromatic carbocycles. The molecule has 1 heterocycles. The lowest BCUT2D eigenvalue weighted by molar-refractivity contribution is -0.167. The van der Waals surface area contributed by atoms with E-state index in [0.29, 0.717) is 11.4 Å². The molecule has 7 heteroatoms. The zero-order valence-corrected chi connectivity index (χ0v) is 9.90. The van der Waals surface area contributed by atoms with E-state index in [0.717, 1.165) is 0 Å². The molecule has 1 amide bonds. The zero-order chi connectivity index (χ0) is 14.0. The molecule has 0 atom stereocenters. The van der Waals surface area contributed by atoms with E-state index in [1.165, 1.54) is 10.7 Å². The maximum atomic E-state index is 12.2. The standard InChI is InChI=1S/C12H10F3N3O/c1-8-7-10(16-11(19)12(13,14)15)18(17-8)9-5-3-2-4-6-9/h2-7H,1H3,(H,16,19). The van der Waals surface area contributed by atoms with E-state index in [1.54, 1.807) is 42.6 Å². The molecule has 0 aliphatic carbocycles. The molecule has 0 saturated carbocycles. The summed E-state index contributed by atoms with van der Waals surface area (Å²) >= 11 is 0. The van der Waals surface area contributed by atoms with Crippen molar-refractivity contribution in [1.82, 2.24) is 9.78 Å². The van der Waals surface area contributed by atoms with E-state index in [-0.39, 0.29) is 5.82 Å². The Morgan fingerprint density at radius 3 is 2.47 bits per heavy atom. The van der Waals surface area contributed by atoms with Gasteiger partial charge >= 0.3 is 12.1 Å². The number of halogens is 3. The maximum absolute atomic E-state index is 12.2. The van der Waals surface area contributed by atoms with Gasteiger partial charge in [0.05, 0.1) is 11.4 Å². The third kappa shape index (κ3) is 2.93. The Morgan fingerprint density at radius 2 is 1.89 bits per heavy atom. The van der Waals surface area contributed by atoms with Crippen LogP contribution >= 0.6 is 0 Å². The van der Waals surface area contributed by atoms with E-state index in [2.05, 4.69) is 5.10 Å². The lowest BCUT2D eigenvalue weighted by atomic mass is 10.3. The summed E-state index contributed by atoms with van der Waals surface area (Å²) in [6.07, 6.45) is -4.93. The molecule has 0 spiro atoms. The van der Waals surface area contributed by atoms with Crippen LogP contribution in [0.5, 0.6) is 0 Å². The molecule has 1 aromatic heterocycles. The molecule has 100 valence electrons. The number of nitrogens with one attached hydrogen (secondary N) is 1. The predicted molar refractivity (Wildman–Crippen MR) is 63.0 cm³/mol. The van der Waals surface area contributed by atoms with Gasteiger partial charge in [-0.3, -0.25) is 4.79 Å². The second-order valence-corrected chi connectivity index (χ2v) is 3.87. The largest absolute Gasteiger partial charge is 0.471 e. The minimum Gasteiger partial charge on any atom is -0.303 e. The molecule has 0 bridgehead atoms. The number of nitrogens with zero attached hydrogens (tertiary/aromatic N) is 2. The first-order valence-electron chi connectivity index (χ1n) is 5.38. The molecular weight excluding hydrogens is 259 g/mol. The van der Waals surface area contributed by atoms with E-state index in [1.807, 2.05) is 0 Å². The van der Waals surface area contributed by atoms with Crippen LogP contribution in [-0.4, -0.2) is 21.9 Å². The van der Waals surface area contributed by atoms with Crippen LogP contribution < -0.4 is 5.32 Å². The molecule has 0 unspecified atom stereocenters. The van der Waals surface area contributed by atoms with Crippen molar-refractivity contribution in [2.75, 3.05) is 5.32 Å². The SMILES string of the molecule is Cc1cc(NC(=O)C(F)(F)F)n(-c2ccccc2)n1. The van der Waals surface area contributed by atoms with Crippen molar-refractivity contribution in [2.45, 2.75) is 13.1 Å². The van der Waals surface area contributed by atoms with E-state index >= 15 is 0 Å². The minimum absolute atomic E-state index is 0.0222. The number of para-hydroxylation sites is 1. The highest BCUT2D eigenvalue weighted by molar-refractivity contribution is 5.94. The van der Waals surface area contributed by atoms with Gasteiger partial charge in [0.1, 0.15) is 5.82 Å².